The van der Waals surface area contributed by atoms with Crippen LogP contribution in [0.2, 0.25) is 0 Å². The zero-order valence-electron chi connectivity index (χ0n) is 12.3. The molecule has 20 heavy (non-hydrogen) atoms. The van der Waals surface area contributed by atoms with E-state index in [2.05, 4.69) is 29.4 Å². The Morgan fingerprint density at radius 3 is 2.80 bits per heavy atom. The summed E-state index contributed by atoms with van der Waals surface area (Å²) in [4.78, 5) is 0. The van der Waals surface area contributed by atoms with Gasteiger partial charge in [-0.05, 0) is 12.8 Å². The Labute approximate surface area is 118 Å². The first-order valence-electron chi connectivity index (χ1n) is 6.93. The highest BCUT2D eigenvalue weighted by atomic mass is 19.1. The second-order valence-corrected chi connectivity index (χ2v) is 5.43. The van der Waals surface area contributed by atoms with E-state index in [0.29, 0.717) is 19.0 Å². The highest BCUT2D eigenvalue weighted by molar-refractivity contribution is 5.42. The van der Waals surface area contributed by atoms with E-state index in [1.54, 1.807) is 4.68 Å². The molecule has 5 nitrogen and oxygen atoms in total. The zero-order chi connectivity index (χ0) is 14.5. The molecule has 1 N–H and O–H groups in total. The summed E-state index contributed by atoms with van der Waals surface area (Å²) in [5, 5.41) is 11.9. The molecule has 6 heteroatoms. The summed E-state index contributed by atoms with van der Waals surface area (Å²) >= 11 is 0. The maximum Gasteiger partial charge on any atom is 0.151 e. The molecule has 0 atom stereocenters. The maximum absolute atomic E-state index is 12.3. The van der Waals surface area contributed by atoms with E-state index in [0.717, 1.165) is 23.5 Å². The third kappa shape index (κ3) is 3.82. The Balaban J connectivity index is 1.93. The third-order valence-corrected chi connectivity index (χ3v) is 2.96. The standard InChI is InChI=1S/C14H22FN5/c1-11(2)8-20-10-13(7-17-20)6-16-14-12(3)9-19(18-14)5-4-15/h7,9-11H,4-6,8H2,1-3H3,(H,16,18). The van der Waals surface area contributed by atoms with Crippen LogP contribution in [0.1, 0.15) is 25.0 Å². The van der Waals surface area contributed by atoms with E-state index in [-0.39, 0.29) is 0 Å². The second-order valence-electron chi connectivity index (χ2n) is 5.43. The minimum atomic E-state index is -0.400. The summed E-state index contributed by atoms with van der Waals surface area (Å²) < 4.78 is 15.9. The van der Waals surface area contributed by atoms with Gasteiger partial charge in [-0.1, -0.05) is 13.8 Å². The summed E-state index contributed by atoms with van der Waals surface area (Å²) in [6, 6.07) is 0. The van der Waals surface area contributed by atoms with E-state index < -0.39 is 6.67 Å². The molecule has 0 aliphatic carbocycles. The molecule has 0 aliphatic rings. The van der Waals surface area contributed by atoms with Crippen molar-refractivity contribution in [2.45, 2.75) is 40.4 Å². The topological polar surface area (TPSA) is 47.7 Å². The van der Waals surface area contributed by atoms with Crippen molar-refractivity contribution in [1.29, 1.82) is 0 Å². The number of rotatable bonds is 7. The summed E-state index contributed by atoms with van der Waals surface area (Å²) in [6.07, 6.45) is 5.76. The van der Waals surface area contributed by atoms with Crippen molar-refractivity contribution in [1.82, 2.24) is 19.6 Å². The molecule has 0 radical (unpaired) electrons. The lowest BCUT2D eigenvalue weighted by Gasteiger charge is -2.04. The van der Waals surface area contributed by atoms with E-state index in [9.17, 15) is 4.39 Å². The molecule has 2 rings (SSSR count). The zero-order valence-corrected chi connectivity index (χ0v) is 12.3. The molecule has 2 aromatic rings. The molecule has 0 bridgehead atoms. The van der Waals surface area contributed by atoms with Crippen LogP contribution in [0.3, 0.4) is 0 Å². The average Bonchev–Trinajstić information content (AvgIpc) is 2.94. The first-order chi connectivity index (χ1) is 9.58. The maximum atomic E-state index is 12.3. The number of halogens is 1. The largest absolute Gasteiger partial charge is 0.364 e. The van der Waals surface area contributed by atoms with Crippen molar-refractivity contribution in [3.8, 4) is 0 Å². The molecule has 2 aromatic heterocycles. The number of aromatic nitrogens is 4. The van der Waals surface area contributed by atoms with Gasteiger partial charge < -0.3 is 5.32 Å². The number of anilines is 1. The lowest BCUT2D eigenvalue weighted by Crippen LogP contribution is -2.05. The summed E-state index contributed by atoms with van der Waals surface area (Å²) in [5.41, 5.74) is 2.14. The van der Waals surface area contributed by atoms with Crippen molar-refractivity contribution >= 4 is 5.82 Å². The van der Waals surface area contributed by atoms with Crippen LogP contribution < -0.4 is 5.32 Å². The van der Waals surface area contributed by atoms with Gasteiger partial charge in [0.05, 0.1) is 12.7 Å². The Hall–Kier alpha value is -1.85. The van der Waals surface area contributed by atoms with Gasteiger partial charge in [0.2, 0.25) is 0 Å². The first-order valence-corrected chi connectivity index (χ1v) is 6.93. The van der Waals surface area contributed by atoms with Gasteiger partial charge in [-0.15, -0.1) is 0 Å². The predicted molar refractivity (Wildman–Crippen MR) is 77.3 cm³/mol. The fourth-order valence-electron chi connectivity index (χ4n) is 2.05. The van der Waals surface area contributed by atoms with Crippen LogP contribution in [0, 0.1) is 12.8 Å². The van der Waals surface area contributed by atoms with Gasteiger partial charge in [0.1, 0.15) is 6.67 Å². The highest BCUT2D eigenvalue weighted by Gasteiger charge is 2.06. The molecule has 0 amide bonds. The Morgan fingerprint density at radius 2 is 2.10 bits per heavy atom. The van der Waals surface area contributed by atoms with Gasteiger partial charge in [-0.25, -0.2) is 4.39 Å². The average molecular weight is 279 g/mol. The summed E-state index contributed by atoms with van der Waals surface area (Å²) in [7, 11) is 0. The molecule has 0 aromatic carbocycles. The van der Waals surface area contributed by atoms with Crippen molar-refractivity contribution in [3.63, 3.8) is 0 Å². The molecule has 0 saturated carbocycles. The van der Waals surface area contributed by atoms with Crippen LogP contribution in [-0.2, 0) is 19.6 Å². The van der Waals surface area contributed by atoms with E-state index >= 15 is 0 Å². The van der Waals surface area contributed by atoms with Crippen molar-refractivity contribution in [2.24, 2.45) is 5.92 Å². The second kappa shape index (κ2) is 6.54. The SMILES string of the molecule is Cc1cn(CCF)nc1NCc1cnn(CC(C)C)c1. The normalized spacial score (nSPS) is 11.2. The van der Waals surface area contributed by atoms with Crippen LogP contribution >= 0.6 is 0 Å². The van der Waals surface area contributed by atoms with E-state index in [1.807, 2.05) is 30.2 Å². The minimum absolute atomic E-state index is 0.300. The molecular formula is C14H22FN5. The quantitative estimate of drug-likeness (QED) is 0.847. The molecule has 0 unspecified atom stereocenters. The molecule has 2 heterocycles. The van der Waals surface area contributed by atoms with Gasteiger partial charge in [-0.2, -0.15) is 10.2 Å². The molecule has 0 aliphatic heterocycles. The fraction of sp³-hybridized carbons (Fsp3) is 0.571. The van der Waals surface area contributed by atoms with Crippen LogP contribution in [0.25, 0.3) is 0 Å². The summed E-state index contributed by atoms with van der Waals surface area (Å²) in [5.74, 6) is 1.38. The van der Waals surface area contributed by atoms with E-state index in [4.69, 9.17) is 0 Å². The Bertz CT molecular complexity index is 544. The number of nitrogens with one attached hydrogen (secondary N) is 1. The Morgan fingerprint density at radius 1 is 1.30 bits per heavy atom. The molecule has 0 spiro atoms. The lowest BCUT2D eigenvalue weighted by molar-refractivity contribution is 0.427. The smallest absolute Gasteiger partial charge is 0.151 e. The van der Waals surface area contributed by atoms with Gasteiger partial charge in [0.15, 0.2) is 5.82 Å². The number of hydrogen-bond donors (Lipinski definition) is 1. The van der Waals surface area contributed by atoms with Crippen LogP contribution in [0.5, 0.6) is 0 Å². The summed E-state index contributed by atoms with van der Waals surface area (Å²) in [6.45, 7) is 7.79. The van der Waals surface area contributed by atoms with Gasteiger partial charge in [-0.3, -0.25) is 9.36 Å². The van der Waals surface area contributed by atoms with Crippen LogP contribution in [0.4, 0.5) is 10.2 Å². The molecule has 0 fully saturated rings. The van der Waals surface area contributed by atoms with Gasteiger partial charge in [0, 0.05) is 36.6 Å². The predicted octanol–water partition coefficient (Wildman–Crippen LogP) is 2.63. The van der Waals surface area contributed by atoms with Crippen LogP contribution in [-0.4, -0.2) is 26.2 Å². The van der Waals surface area contributed by atoms with Gasteiger partial charge in [0.25, 0.3) is 0 Å². The third-order valence-electron chi connectivity index (χ3n) is 2.96. The lowest BCUT2D eigenvalue weighted by atomic mass is 10.2. The van der Waals surface area contributed by atoms with Gasteiger partial charge >= 0.3 is 0 Å². The van der Waals surface area contributed by atoms with E-state index in [1.165, 1.54) is 0 Å². The number of hydrogen-bond acceptors (Lipinski definition) is 3. The highest BCUT2D eigenvalue weighted by Crippen LogP contribution is 2.13. The molecular weight excluding hydrogens is 257 g/mol. The number of alkyl halides is 1. The fourth-order valence-corrected chi connectivity index (χ4v) is 2.05. The van der Waals surface area contributed by atoms with Crippen molar-refractivity contribution in [3.05, 3.63) is 29.7 Å². The molecule has 110 valence electrons. The van der Waals surface area contributed by atoms with Crippen molar-refractivity contribution in [2.75, 3.05) is 12.0 Å². The number of aryl methyl sites for hydroxylation is 2. The van der Waals surface area contributed by atoms with Crippen molar-refractivity contribution < 1.29 is 4.39 Å². The monoisotopic (exact) mass is 279 g/mol. The minimum Gasteiger partial charge on any atom is -0.364 e. The Kier molecular flexibility index (Phi) is 4.76. The molecule has 0 saturated heterocycles. The van der Waals surface area contributed by atoms with Crippen LogP contribution in [0.15, 0.2) is 18.6 Å². The number of nitrogens with zero attached hydrogens (tertiary/aromatic N) is 4. The first kappa shape index (κ1) is 14.6.